The molecular weight excluding hydrogens is 267 g/mol. The normalized spacial score (nSPS) is 42.0. The fourth-order valence-corrected chi connectivity index (χ4v) is 2.66. The van der Waals surface area contributed by atoms with Gasteiger partial charge in [0, 0.05) is 0 Å². The third-order valence-corrected chi connectivity index (χ3v) is 3.93. The molecule has 0 bridgehead atoms. The van der Waals surface area contributed by atoms with Gasteiger partial charge in [-0.15, -0.1) is 0 Å². The highest BCUT2D eigenvalue weighted by Crippen LogP contribution is 2.30. The number of unbranched alkanes of at least 4 members (excludes halogenated alkanes) is 1. The summed E-state index contributed by atoms with van der Waals surface area (Å²) >= 11 is 2.30. The van der Waals surface area contributed by atoms with Crippen molar-refractivity contribution in [3.63, 3.8) is 0 Å². The number of rotatable bonds is 3. The minimum Gasteiger partial charge on any atom is -0.389 e. The number of alkyl halides is 1. The maximum absolute atomic E-state index is 9.60. The maximum Gasteiger partial charge on any atom is 0.0941 e. The topological polar surface area (TPSA) is 29.5 Å². The molecule has 72 valence electrons. The Morgan fingerprint density at radius 1 is 1.50 bits per heavy atom. The first-order valence-corrected chi connectivity index (χ1v) is 5.89. The summed E-state index contributed by atoms with van der Waals surface area (Å²) in [6.07, 6.45) is 3.51. The molecule has 0 aromatic rings. The van der Waals surface area contributed by atoms with Crippen molar-refractivity contribution >= 4 is 22.6 Å². The molecule has 0 aromatic heterocycles. The summed E-state index contributed by atoms with van der Waals surface area (Å²) in [7, 11) is 0. The summed E-state index contributed by atoms with van der Waals surface area (Å²) in [5, 5.41) is 9.60. The average Bonchev–Trinajstić information content (AvgIpc) is 2.30. The van der Waals surface area contributed by atoms with E-state index in [1.807, 2.05) is 6.92 Å². The molecule has 12 heavy (non-hydrogen) atoms. The van der Waals surface area contributed by atoms with Crippen LogP contribution in [0.15, 0.2) is 0 Å². The SMILES string of the molecule is CCCC[C@@H]1O[C@@H](C)[C@@H](O)[C@@H]1I. The zero-order valence-corrected chi connectivity index (χ0v) is 9.82. The highest BCUT2D eigenvalue weighted by atomic mass is 127. The summed E-state index contributed by atoms with van der Waals surface area (Å²) in [6.45, 7) is 4.12. The van der Waals surface area contributed by atoms with Gasteiger partial charge in [-0.1, -0.05) is 42.4 Å². The van der Waals surface area contributed by atoms with Crippen LogP contribution in [0.5, 0.6) is 0 Å². The fraction of sp³-hybridized carbons (Fsp3) is 1.00. The van der Waals surface area contributed by atoms with Crippen molar-refractivity contribution in [3.05, 3.63) is 0 Å². The van der Waals surface area contributed by atoms with Crippen molar-refractivity contribution in [2.24, 2.45) is 0 Å². The molecule has 1 N–H and O–H groups in total. The van der Waals surface area contributed by atoms with Crippen LogP contribution in [0.4, 0.5) is 0 Å². The van der Waals surface area contributed by atoms with Crippen LogP contribution in [0, 0.1) is 0 Å². The number of aliphatic hydroxyl groups is 1. The first kappa shape index (κ1) is 10.7. The van der Waals surface area contributed by atoms with Gasteiger partial charge in [-0.05, 0) is 13.3 Å². The molecule has 1 fully saturated rings. The second kappa shape index (κ2) is 4.77. The largest absolute Gasteiger partial charge is 0.389 e. The highest BCUT2D eigenvalue weighted by molar-refractivity contribution is 14.1. The summed E-state index contributed by atoms with van der Waals surface area (Å²) in [6, 6.07) is 0. The molecule has 0 aromatic carbocycles. The lowest BCUT2D eigenvalue weighted by atomic mass is 10.1. The monoisotopic (exact) mass is 284 g/mol. The quantitative estimate of drug-likeness (QED) is 0.635. The molecule has 0 aliphatic carbocycles. The first-order valence-electron chi connectivity index (χ1n) is 4.64. The molecule has 0 amide bonds. The van der Waals surface area contributed by atoms with E-state index >= 15 is 0 Å². The van der Waals surface area contributed by atoms with Crippen molar-refractivity contribution in [2.75, 3.05) is 0 Å². The van der Waals surface area contributed by atoms with Gasteiger partial charge in [-0.25, -0.2) is 0 Å². The Balaban J connectivity index is 2.36. The zero-order valence-electron chi connectivity index (χ0n) is 7.66. The Kier molecular flexibility index (Phi) is 4.26. The van der Waals surface area contributed by atoms with Crippen LogP contribution in [0.25, 0.3) is 0 Å². The van der Waals surface area contributed by atoms with E-state index in [-0.39, 0.29) is 22.2 Å². The molecule has 1 saturated heterocycles. The molecule has 4 atom stereocenters. The number of halogens is 1. The predicted octanol–water partition coefficient (Wildman–Crippen LogP) is 2.13. The first-order chi connectivity index (χ1) is 5.66. The number of aliphatic hydroxyl groups excluding tert-OH is 1. The molecule has 0 spiro atoms. The molecule has 2 nitrogen and oxygen atoms in total. The van der Waals surface area contributed by atoms with Gasteiger partial charge < -0.3 is 9.84 Å². The van der Waals surface area contributed by atoms with Crippen LogP contribution in [-0.2, 0) is 4.74 Å². The van der Waals surface area contributed by atoms with E-state index in [1.165, 1.54) is 12.8 Å². The lowest BCUT2D eigenvalue weighted by molar-refractivity contribution is 0.0189. The lowest BCUT2D eigenvalue weighted by Gasteiger charge is -2.12. The number of hydrogen-bond donors (Lipinski definition) is 1. The van der Waals surface area contributed by atoms with Gasteiger partial charge >= 0.3 is 0 Å². The number of ether oxygens (including phenoxy) is 1. The Morgan fingerprint density at radius 3 is 2.58 bits per heavy atom. The van der Waals surface area contributed by atoms with Gasteiger partial charge in [-0.2, -0.15) is 0 Å². The summed E-state index contributed by atoms with van der Waals surface area (Å²) in [5.74, 6) is 0. The molecule has 0 radical (unpaired) electrons. The van der Waals surface area contributed by atoms with E-state index in [0.29, 0.717) is 0 Å². The highest BCUT2D eigenvalue weighted by Gasteiger charge is 2.38. The molecule has 1 aliphatic rings. The minimum absolute atomic E-state index is 0.0220. The van der Waals surface area contributed by atoms with E-state index < -0.39 is 0 Å². The Morgan fingerprint density at radius 2 is 2.17 bits per heavy atom. The smallest absolute Gasteiger partial charge is 0.0941 e. The molecule has 3 heteroatoms. The fourth-order valence-electron chi connectivity index (χ4n) is 1.54. The Bertz CT molecular complexity index is 140. The average molecular weight is 284 g/mol. The zero-order chi connectivity index (χ0) is 9.14. The van der Waals surface area contributed by atoms with Crippen LogP contribution < -0.4 is 0 Å². The maximum atomic E-state index is 9.60. The van der Waals surface area contributed by atoms with Crippen LogP contribution in [0.2, 0.25) is 0 Å². The van der Waals surface area contributed by atoms with Gasteiger partial charge in [0.05, 0.1) is 22.2 Å². The molecule has 1 heterocycles. The molecular formula is C9H17IO2. The van der Waals surface area contributed by atoms with Crippen molar-refractivity contribution in [2.45, 2.75) is 55.3 Å². The van der Waals surface area contributed by atoms with Crippen LogP contribution in [0.1, 0.15) is 33.1 Å². The summed E-state index contributed by atoms with van der Waals surface area (Å²) in [4.78, 5) is 0. The van der Waals surface area contributed by atoms with Crippen molar-refractivity contribution in [1.29, 1.82) is 0 Å². The van der Waals surface area contributed by atoms with Crippen LogP contribution in [-0.4, -0.2) is 27.3 Å². The Labute approximate surface area is 87.8 Å². The van der Waals surface area contributed by atoms with Crippen LogP contribution >= 0.6 is 22.6 Å². The van der Waals surface area contributed by atoms with Crippen molar-refractivity contribution < 1.29 is 9.84 Å². The Hall–Kier alpha value is 0.650. The van der Waals surface area contributed by atoms with E-state index in [9.17, 15) is 5.11 Å². The third kappa shape index (κ3) is 2.33. The molecule has 1 rings (SSSR count). The minimum atomic E-state index is -0.271. The van der Waals surface area contributed by atoms with E-state index in [0.717, 1.165) is 6.42 Å². The second-order valence-corrected chi connectivity index (χ2v) is 4.90. The summed E-state index contributed by atoms with van der Waals surface area (Å²) < 4.78 is 5.91. The predicted molar refractivity (Wildman–Crippen MR) is 57.7 cm³/mol. The van der Waals surface area contributed by atoms with Gasteiger partial charge in [0.15, 0.2) is 0 Å². The van der Waals surface area contributed by atoms with Crippen molar-refractivity contribution in [3.8, 4) is 0 Å². The van der Waals surface area contributed by atoms with Gasteiger partial charge in [0.2, 0.25) is 0 Å². The van der Waals surface area contributed by atoms with E-state index in [2.05, 4.69) is 29.5 Å². The van der Waals surface area contributed by atoms with Gasteiger partial charge in [0.1, 0.15) is 0 Å². The van der Waals surface area contributed by atoms with Gasteiger partial charge in [-0.3, -0.25) is 0 Å². The number of hydrogen-bond acceptors (Lipinski definition) is 2. The third-order valence-electron chi connectivity index (χ3n) is 2.39. The van der Waals surface area contributed by atoms with E-state index in [4.69, 9.17) is 4.74 Å². The molecule has 0 saturated carbocycles. The lowest BCUT2D eigenvalue weighted by Crippen LogP contribution is -2.26. The summed E-state index contributed by atoms with van der Waals surface area (Å²) in [5.41, 5.74) is 0. The standard InChI is InChI=1S/C9H17IO2/c1-3-4-5-7-8(10)9(11)6(2)12-7/h6-9,11H,3-5H2,1-2H3/t6-,7-,8+,9+/m0/s1. The van der Waals surface area contributed by atoms with Gasteiger partial charge in [0.25, 0.3) is 0 Å². The van der Waals surface area contributed by atoms with Crippen molar-refractivity contribution in [1.82, 2.24) is 0 Å². The van der Waals surface area contributed by atoms with Crippen LogP contribution in [0.3, 0.4) is 0 Å². The second-order valence-electron chi connectivity index (χ2n) is 3.46. The molecule has 0 unspecified atom stereocenters. The van der Waals surface area contributed by atoms with E-state index in [1.54, 1.807) is 0 Å². The molecule has 1 aliphatic heterocycles.